The van der Waals surface area contributed by atoms with Gasteiger partial charge in [0.25, 0.3) is 5.91 Å². The van der Waals surface area contributed by atoms with Gasteiger partial charge >= 0.3 is 0 Å². The summed E-state index contributed by atoms with van der Waals surface area (Å²) in [7, 11) is 2.03. The number of rotatable bonds is 7. The summed E-state index contributed by atoms with van der Waals surface area (Å²) >= 11 is 3.48. The van der Waals surface area contributed by atoms with E-state index in [4.69, 9.17) is 4.98 Å². The Morgan fingerprint density at radius 3 is 2.82 bits per heavy atom. The number of carbonyl (C=O) groups is 1. The first-order valence-electron chi connectivity index (χ1n) is 7.62. The van der Waals surface area contributed by atoms with Crippen molar-refractivity contribution < 1.29 is 9.69 Å². The molecule has 2 rings (SSSR count). The first-order chi connectivity index (χ1) is 10.5. The Balaban J connectivity index is 1.92. The molecule has 0 aliphatic heterocycles. The van der Waals surface area contributed by atoms with Gasteiger partial charge in [0.1, 0.15) is 11.6 Å². The van der Waals surface area contributed by atoms with Crippen molar-refractivity contribution in [3.05, 3.63) is 27.4 Å². The third-order valence-corrected chi connectivity index (χ3v) is 5.28. The normalized spacial score (nSPS) is 12.6. The number of carbonyl (C=O) groups excluding carboxylic acids is 1. The number of hydrogen-bond acceptors (Lipinski definition) is 4. The van der Waals surface area contributed by atoms with Crippen molar-refractivity contribution in [3.8, 4) is 10.6 Å². The first kappa shape index (κ1) is 17.1. The second kappa shape index (κ2) is 7.85. The Morgan fingerprint density at radius 1 is 1.41 bits per heavy atom. The van der Waals surface area contributed by atoms with Crippen molar-refractivity contribution in [2.24, 2.45) is 0 Å². The van der Waals surface area contributed by atoms with Crippen LogP contribution in [0.1, 0.15) is 30.7 Å². The van der Waals surface area contributed by atoms with Gasteiger partial charge in [0.2, 0.25) is 0 Å². The Bertz CT molecular complexity index is 618. The third kappa shape index (κ3) is 4.90. The summed E-state index contributed by atoms with van der Waals surface area (Å²) in [6.45, 7) is 7.38. The van der Waals surface area contributed by atoms with Crippen LogP contribution >= 0.6 is 22.7 Å². The summed E-state index contributed by atoms with van der Waals surface area (Å²) in [6, 6.07) is 4.51. The van der Waals surface area contributed by atoms with Crippen LogP contribution in [0.5, 0.6) is 0 Å². The molecule has 2 N–H and O–H groups in total. The van der Waals surface area contributed by atoms with E-state index in [1.807, 2.05) is 32.2 Å². The van der Waals surface area contributed by atoms with Crippen molar-refractivity contribution in [2.45, 2.75) is 39.8 Å². The highest BCUT2D eigenvalue weighted by Crippen LogP contribution is 2.29. The van der Waals surface area contributed by atoms with Crippen LogP contribution in [-0.2, 0) is 17.8 Å². The summed E-state index contributed by atoms with van der Waals surface area (Å²) < 4.78 is 0. The number of amides is 1. The maximum absolute atomic E-state index is 11.8. The minimum atomic E-state index is 0.0927. The van der Waals surface area contributed by atoms with Gasteiger partial charge in [-0.2, -0.15) is 0 Å². The van der Waals surface area contributed by atoms with Crippen molar-refractivity contribution in [2.75, 3.05) is 13.6 Å². The summed E-state index contributed by atoms with van der Waals surface area (Å²) in [6.07, 6.45) is 1.07. The van der Waals surface area contributed by atoms with Gasteiger partial charge in [-0.25, -0.2) is 4.98 Å². The zero-order chi connectivity index (χ0) is 16.1. The minimum absolute atomic E-state index is 0.0927. The fraction of sp³-hybridized carbons (Fsp3) is 0.500. The summed E-state index contributed by atoms with van der Waals surface area (Å²) in [5, 5.41) is 6.12. The minimum Gasteiger partial charge on any atom is -0.349 e. The molecule has 0 bridgehead atoms. The summed E-state index contributed by atoms with van der Waals surface area (Å²) in [5.74, 6) is 0.0927. The van der Waals surface area contributed by atoms with E-state index in [1.54, 1.807) is 11.3 Å². The summed E-state index contributed by atoms with van der Waals surface area (Å²) in [4.78, 5) is 20.3. The maximum atomic E-state index is 11.8. The Hall–Kier alpha value is -1.24. The molecule has 1 unspecified atom stereocenters. The van der Waals surface area contributed by atoms with Gasteiger partial charge in [-0.1, -0.05) is 6.92 Å². The second-order valence-electron chi connectivity index (χ2n) is 5.78. The molecule has 0 aliphatic rings. The molecule has 2 heterocycles. The average molecular weight is 339 g/mol. The lowest BCUT2D eigenvalue weighted by atomic mass is 10.3. The molecule has 0 spiro atoms. The van der Waals surface area contributed by atoms with Gasteiger partial charge in [-0.15, -0.1) is 22.7 Å². The van der Waals surface area contributed by atoms with Crippen LogP contribution in [0.25, 0.3) is 10.6 Å². The van der Waals surface area contributed by atoms with Crippen LogP contribution in [0.3, 0.4) is 0 Å². The Morgan fingerprint density at radius 2 is 2.18 bits per heavy atom. The lowest BCUT2D eigenvalue weighted by molar-refractivity contribution is -0.885. The molecule has 2 aromatic rings. The van der Waals surface area contributed by atoms with E-state index in [9.17, 15) is 4.79 Å². The number of nitrogens with one attached hydrogen (secondary N) is 2. The van der Waals surface area contributed by atoms with E-state index in [1.165, 1.54) is 9.75 Å². The van der Waals surface area contributed by atoms with Gasteiger partial charge in [-0.3, -0.25) is 4.79 Å². The number of thiophene rings is 1. The highest BCUT2D eigenvalue weighted by Gasteiger charge is 2.14. The average Bonchev–Trinajstić information content (AvgIpc) is 3.05. The molecule has 6 heteroatoms. The predicted octanol–water partition coefficient (Wildman–Crippen LogP) is 1.97. The van der Waals surface area contributed by atoms with Gasteiger partial charge in [0.15, 0.2) is 6.54 Å². The van der Waals surface area contributed by atoms with E-state index in [0.29, 0.717) is 6.54 Å². The number of likely N-dealkylation sites (N-methyl/N-ethyl adjacent to an activating group) is 1. The molecule has 120 valence electrons. The van der Waals surface area contributed by atoms with Crippen molar-refractivity contribution in [3.63, 3.8) is 0 Å². The Kier molecular flexibility index (Phi) is 6.11. The molecule has 0 aliphatic carbocycles. The van der Waals surface area contributed by atoms with Crippen LogP contribution in [0.2, 0.25) is 0 Å². The highest BCUT2D eigenvalue weighted by atomic mass is 32.1. The molecular weight excluding hydrogens is 314 g/mol. The van der Waals surface area contributed by atoms with Crippen molar-refractivity contribution >= 4 is 28.6 Å². The topological polar surface area (TPSA) is 46.4 Å². The molecule has 0 saturated carbocycles. The van der Waals surface area contributed by atoms with Crippen LogP contribution < -0.4 is 10.2 Å². The monoisotopic (exact) mass is 338 g/mol. The molecule has 0 saturated heterocycles. The van der Waals surface area contributed by atoms with E-state index in [2.05, 4.69) is 29.8 Å². The first-order valence-corrected chi connectivity index (χ1v) is 9.31. The standard InChI is InChI=1S/C16H23N3OS2/c1-5-12-6-7-14(22-12)13-10-21-16(18-13)9-19(4)8-15(20)17-11(2)3/h6-7,10-11H,5,8-9H2,1-4H3,(H,17,20)/p+1. The number of quaternary nitrogens is 1. The molecule has 4 nitrogen and oxygen atoms in total. The molecule has 0 fully saturated rings. The van der Waals surface area contributed by atoms with Crippen molar-refractivity contribution in [1.29, 1.82) is 0 Å². The SMILES string of the molecule is CCc1ccc(-c2csc(C[NH+](C)CC(=O)NC(C)C)n2)s1. The lowest BCUT2D eigenvalue weighted by Crippen LogP contribution is -3.09. The van der Waals surface area contributed by atoms with E-state index in [0.717, 1.165) is 28.6 Å². The maximum Gasteiger partial charge on any atom is 0.275 e. The zero-order valence-electron chi connectivity index (χ0n) is 13.6. The smallest absolute Gasteiger partial charge is 0.275 e. The van der Waals surface area contributed by atoms with Crippen LogP contribution in [0.4, 0.5) is 0 Å². The van der Waals surface area contributed by atoms with Gasteiger partial charge in [-0.05, 0) is 32.4 Å². The predicted molar refractivity (Wildman–Crippen MR) is 93.5 cm³/mol. The zero-order valence-corrected chi connectivity index (χ0v) is 15.2. The van der Waals surface area contributed by atoms with E-state index in [-0.39, 0.29) is 11.9 Å². The van der Waals surface area contributed by atoms with E-state index >= 15 is 0 Å². The fourth-order valence-electron chi connectivity index (χ4n) is 2.18. The Labute approximate surface area is 140 Å². The molecular formula is C16H24N3OS2+. The van der Waals surface area contributed by atoms with Crippen molar-refractivity contribution in [1.82, 2.24) is 10.3 Å². The molecule has 1 amide bonds. The van der Waals surface area contributed by atoms with Crippen LogP contribution in [0.15, 0.2) is 17.5 Å². The molecule has 2 aromatic heterocycles. The van der Waals surface area contributed by atoms with Crippen LogP contribution in [0, 0.1) is 0 Å². The number of aromatic nitrogens is 1. The summed E-state index contributed by atoms with van der Waals surface area (Å²) in [5.41, 5.74) is 1.06. The highest BCUT2D eigenvalue weighted by molar-refractivity contribution is 7.16. The van der Waals surface area contributed by atoms with Gasteiger partial charge < -0.3 is 10.2 Å². The lowest BCUT2D eigenvalue weighted by Gasteiger charge is -2.13. The third-order valence-electron chi connectivity index (χ3n) is 3.18. The fourth-order valence-corrected chi connectivity index (χ4v) is 4.07. The van der Waals surface area contributed by atoms with Gasteiger partial charge in [0, 0.05) is 16.3 Å². The quantitative estimate of drug-likeness (QED) is 0.811. The largest absolute Gasteiger partial charge is 0.349 e. The molecule has 0 aromatic carbocycles. The molecule has 22 heavy (non-hydrogen) atoms. The van der Waals surface area contributed by atoms with Crippen LogP contribution in [-0.4, -0.2) is 30.5 Å². The molecule has 1 atom stereocenters. The molecule has 0 radical (unpaired) electrons. The number of nitrogens with zero attached hydrogens (tertiary/aromatic N) is 1. The number of aryl methyl sites for hydroxylation is 1. The number of hydrogen-bond donors (Lipinski definition) is 2. The van der Waals surface area contributed by atoms with Gasteiger partial charge in [0.05, 0.1) is 17.6 Å². The number of thiazole rings is 1. The van der Waals surface area contributed by atoms with E-state index < -0.39 is 0 Å². The second-order valence-corrected chi connectivity index (χ2v) is 7.89.